The summed E-state index contributed by atoms with van der Waals surface area (Å²) in [7, 11) is 1.63. The van der Waals surface area contributed by atoms with Gasteiger partial charge in [0.05, 0.1) is 0 Å². The zero-order chi connectivity index (χ0) is 14.5. The Bertz CT molecular complexity index is 608. The molecule has 0 saturated heterocycles. The van der Waals surface area contributed by atoms with E-state index in [0.29, 0.717) is 12.1 Å². The second-order valence-corrected chi connectivity index (χ2v) is 5.40. The largest absolute Gasteiger partial charge is 0.335 e. The number of halogens is 1. The van der Waals surface area contributed by atoms with Crippen LogP contribution in [0.1, 0.15) is 15.9 Å². The fourth-order valence-corrected chi connectivity index (χ4v) is 2.09. The topological polar surface area (TPSA) is 37.4 Å². The smallest absolute Gasteiger partial charge is 0.294 e. The molecule has 102 valence electrons. The maximum atomic E-state index is 12.1. The van der Waals surface area contributed by atoms with Gasteiger partial charge in [-0.05, 0) is 29.8 Å². The fourth-order valence-electron chi connectivity index (χ4n) is 1.83. The molecule has 0 spiro atoms. The quantitative estimate of drug-likeness (QED) is 0.636. The van der Waals surface area contributed by atoms with E-state index in [2.05, 4.69) is 15.9 Å². The summed E-state index contributed by atoms with van der Waals surface area (Å²) in [6.07, 6.45) is 0. The number of carbonyl (C=O) groups is 2. The molecule has 0 aliphatic carbocycles. The molecule has 0 radical (unpaired) electrons. The lowest BCUT2D eigenvalue weighted by Crippen LogP contribution is -2.32. The zero-order valence-corrected chi connectivity index (χ0v) is 12.6. The summed E-state index contributed by atoms with van der Waals surface area (Å²) < 4.78 is 0.874. The van der Waals surface area contributed by atoms with Crippen molar-refractivity contribution in [2.75, 3.05) is 7.05 Å². The fraction of sp³-hybridized carbons (Fsp3) is 0.125. The molecule has 0 atom stereocenters. The lowest BCUT2D eigenvalue weighted by Gasteiger charge is -2.16. The molecular weight excluding hydrogens is 318 g/mol. The second-order valence-electron chi connectivity index (χ2n) is 4.48. The van der Waals surface area contributed by atoms with Gasteiger partial charge in [0.25, 0.3) is 5.91 Å². The van der Waals surface area contributed by atoms with E-state index in [4.69, 9.17) is 0 Å². The number of nitrogens with zero attached hydrogens (tertiary/aromatic N) is 1. The van der Waals surface area contributed by atoms with Crippen LogP contribution < -0.4 is 0 Å². The maximum absolute atomic E-state index is 12.1. The van der Waals surface area contributed by atoms with Crippen LogP contribution in [-0.2, 0) is 11.3 Å². The van der Waals surface area contributed by atoms with E-state index in [1.54, 1.807) is 31.3 Å². The summed E-state index contributed by atoms with van der Waals surface area (Å²) >= 11 is 3.30. The van der Waals surface area contributed by atoms with Crippen molar-refractivity contribution < 1.29 is 9.59 Å². The lowest BCUT2D eigenvalue weighted by molar-refractivity contribution is -0.125. The number of rotatable bonds is 4. The number of hydrogen-bond acceptors (Lipinski definition) is 2. The van der Waals surface area contributed by atoms with Crippen molar-refractivity contribution in [3.63, 3.8) is 0 Å². The first-order chi connectivity index (χ1) is 9.58. The number of Topliss-reactive ketones (excluding diaryl/α,β-unsaturated/α-hetero) is 1. The summed E-state index contributed by atoms with van der Waals surface area (Å²) in [6, 6.07) is 16.4. The first-order valence-corrected chi connectivity index (χ1v) is 6.96. The van der Waals surface area contributed by atoms with Gasteiger partial charge in [-0.25, -0.2) is 0 Å². The molecule has 0 aromatic heterocycles. The molecule has 2 aromatic rings. The molecule has 0 bridgehead atoms. The normalized spacial score (nSPS) is 10.1. The third-order valence-electron chi connectivity index (χ3n) is 2.91. The Morgan fingerprint density at radius 3 is 2.20 bits per heavy atom. The van der Waals surface area contributed by atoms with Crippen molar-refractivity contribution in [2.24, 2.45) is 0 Å². The molecule has 0 saturated carbocycles. The Hall–Kier alpha value is -1.94. The van der Waals surface area contributed by atoms with Crippen molar-refractivity contribution in [1.82, 2.24) is 4.90 Å². The number of carbonyl (C=O) groups excluding carboxylic acids is 2. The summed E-state index contributed by atoms with van der Waals surface area (Å²) in [5, 5.41) is 0. The SMILES string of the molecule is CN(Cc1ccccc1)C(=O)C(=O)c1ccc(Br)cc1. The van der Waals surface area contributed by atoms with Crippen LogP contribution in [0.2, 0.25) is 0 Å². The Morgan fingerprint density at radius 1 is 1.00 bits per heavy atom. The Kier molecular flexibility index (Phi) is 4.69. The van der Waals surface area contributed by atoms with E-state index in [0.717, 1.165) is 10.0 Å². The first-order valence-electron chi connectivity index (χ1n) is 6.17. The lowest BCUT2D eigenvalue weighted by atomic mass is 10.1. The monoisotopic (exact) mass is 331 g/mol. The molecule has 3 nitrogen and oxygen atoms in total. The van der Waals surface area contributed by atoms with E-state index in [-0.39, 0.29) is 0 Å². The third-order valence-corrected chi connectivity index (χ3v) is 3.44. The molecule has 0 aliphatic heterocycles. The van der Waals surface area contributed by atoms with E-state index in [1.807, 2.05) is 30.3 Å². The summed E-state index contributed by atoms with van der Waals surface area (Å²) in [4.78, 5) is 25.6. The van der Waals surface area contributed by atoms with Crippen LogP contribution in [0.5, 0.6) is 0 Å². The molecular formula is C16H14BrNO2. The van der Waals surface area contributed by atoms with Crippen molar-refractivity contribution in [2.45, 2.75) is 6.54 Å². The Labute approximate surface area is 126 Å². The number of ketones is 1. The van der Waals surface area contributed by atoms with Gasteiger partial charge < -0.3 is 4.90 Å². The molecule has 0 unspecified atom stereocenters. The molecule has 0 fully saturated rings. The Morgan fingerprint density at radius 2 is 1.60 bits per heavy atom. The number of amides is 1. The van der Waals surface area contributed by atoms with Gasteiger partial charge >= 0.3 is 0 Å². The van der Waals surface area contributed by atoms with Crippen molar-refractivity contribution >= 4 is 27.6 Å². The predicted molar refractivity (Wildman–Crippen MR) is 81.4 cm³/mol. The van der Waals surface area contributed by atoms with Gasteiger partial charge in [0, 0.05) is 23.6 Å². The summed E-state index contributed by atoms with van der Waals surface area (Å²) in [6.45, 7) is 0.419. The van der Waals surface area contributed by atoms with Crippen molar-refractivity contribution in [1.29, 1.82) is 0 Å². The number of benzene rings is 2. The second kappa shape index (κ2) is 6.48. The maximum Gasteiger partial charge on any atom is 0.294 e. The molecule has 20 heavy (non-hydrogen) atoms. The standard InChI is InChI=1S/C16H14BrNO2/c1-18(11-12-5-3-2-4-6-12)16(20)15(19)13-7-9-14(17)10-8-13/h2-10H,11H2,1H3. The van der Waals surface area contributed by atoms with E-state index in [1.165, 1.54) is 4.90 Å². The molecule has 0 N–H and O–H groups in total. The van der Waals surface area contributed by atoms with Gasteiger partial charge in [-0.1, -0.05) is 46.3 Å². The van der Waals surface area contributed by atoms with Crippen LogP contribution in [0.4, 0.5) is 0 Å². The van der Waals surface area contributed by atoms with Gasteiger partial charge in [-0.15, -0.1) is 0 Å². The van der Waals surface area contributed by atoms with E-state index in [9.17, 15) is 9.59 Å². The van der Waals surface area contributed by atoms with Gasteiger partial charge in [0.2, 0.25) is 5.78 Å². The molecule has 2 aromatic carbocycles. The highest BCUT2D eigenvalue weighted by molar-refractivity contribution is 9.10. The third kappa shape index (κ3) is 3.54. The average Bonchev–Trinajstić information content (AvgIpc) is 2.47. The van der Waals surface area contributed by atoms with Crippen LogP contribution >= 0.6 is 15.9 Å². The predicted octanol–water partition coefficient (Wildman–Crippen LogP) is 3.29. The summed E-state index contributed by atoms with van der Waals surface area (Å²) in [5.74, 6) is -0.993. The van der Waals surface area contributed by atoms with Gasteiger partial charge in [0.15, 0.2) is 0 Å². The highest BCUT2D eigenvalue weighted by atomic mass is 79.9. The highest BCUT2D eigenvalue weighted by Crippen LogP contribution is 2.12. The van der Waals surface area contributed by atoms with Crippen molar-refractivity contribution in [3.05, 3.63) is 70.2 Å². The molecule has 4 heteroatoms. The van der Waals surface area contributed by atoms with Crippen molar-refractivity contribution in [3.8, 4) is 0 Å². The first kappa shape index (κ1) is 14.5. The number of hydrogen-bond donors (Lipinski definition) is 0. The Balaban J connectivity index is 2.06. The highest BCUT2D eigenvalue weighted by Gasteiger charge is 2.20. The average molecular weight is 332 g/mol. The van der Waals surface area contributed by atoms with Gasteiger partial charge in [-0.3, -0.25) is 9.59 Å². The molecule has 2 rings (SSSR count). The van der Waals surface area contributed by atoms with Crippen LogP contribution in [0, 0.1) is 0 Å². The van der Waals surface area contributed by atoms with Gasteiger partial charge in [0.1, 0.15) is 0 Å². The summed E-state index contributed by atoms with van der Waals surface area (Å²) in [5.41, 5.74) is 1.39. The van der Waals surface area contributed by atoms with E-state index >= 15 is 0 Å². The minimum atomic E-state index is -0.504. The number of likely N-dealkylation sites (N-methyl/N-ethyl adjacent to an activating group) is 1. The molecule has 1 amide bonds. The van der Waals surface area contributed by atoms with Crippen LogP contribution in [0.25, 0.3) is 0 Å². The minimum absolute atomic E-state index is 0.401. The van der Waals surface area contributed by atoms with Crippen LogP contribution in [0.3, 0.4) is 0 Å². The van der Waals surface area contributed by atoms with Crippen LogP contribution in [0.15, 0.2) is 59.1 Å². The van der Waals surface area contributed by atoms with Gasteiger partial charge in [-0.2, -0.15) is 0 Å². The van der Waals surface area contributed by atoms with Crippen LogP contribution in [-0.4, -0.2) is 23.6 Å². The molecule has 0 aliphatic rings. The minimum Gasteiger partial charge on any atom is -0.335 e. The van der Waals surface area contributed by atoms with E-state index < -0.39 is 11.7 Å². The molecule has 0 heterocycles. The zero-order valence-electron chi connectivity index (χ0n) is 11.0.